The smallest absolute Gasteiger partial charge is 0.225 e. The molecule has 0 atom stereocenters. The molecule has 1 amide bonds. The van der Waals surface area contributed by atoms with Crippen molar-refractivity contribution in [2.24, 2.45) is 5.92 Å². The lowest BCUT2D eigenvalue weighted by Crippen LogP contribution is -2.48. The maximum atomic E-state index is 13.0. The molecule has 172 valence electrons. The van der Waals surface area contributed by atoms with Crippen LogP contribution in [0.5, 0.6) is 17.2 Å². The van der Waals surface area contributed by atoms with Crippen LogP contribution in [-0.4, -0.2) is 57.3 Å². The van der Waals surface area contributed by atoms with E-state index in [1.165, 1.54) is 5.69 Å². The van der Waals surface area contributed by atoms with E-state index < -0.39 is 0 Å². The molecule has 1 aliphatic heterocycles. The molecule has 1 aliphatic carbocycles. The highest BCUT2D eigenvalue weighted by atomic mass is 16.5. The van der Waals surface area contributed by atoms with Gasteiger partial charge in [0.1, 0.15) is 17.2 Å². The highest BCUT2D eigenvalue weighted by molar-refractivity contribution is 5.81. The normalized spacial score (nSPS) is 16.5. The lowest BCUT2D eigenvalue weighted by Gasteiger charge is -2.39. The Morgan fingerprint density at radius 2 is 1.44 bits per heavy atom. The van der Waals surface area contributed by atoms with Gasteiger partial charge in [0, 0.05) is 37.3 Å². The zero-order chi connectivity index (χ0) is 22.3. The summed E-state index contributed by atoms with van der Waals surface area (Å²) in [6.07, 6.45) is 4.93. The highest BCUT2D eigenvalue weighted by Gasteiger charge is 2.37. The van der Waals surface area contributed by atoms with Gasteiger partial charge in [-0.1, -0.05) is 0 Å². The molecule has 1 saturated heterocycles. The monoisotopic (exact) mass is 438 g/mol. The number of rotatable bonds is 10. The Hall–Kier alpha value is -2.89. The van der Waals surface area contributed by atoms with Crippen molar-refractivity contribution in [2.75, 3.05) is 45.4 Å². The number of hydrogen-bond donors (Lipinski definition) is 0. The molecule has 0 radical (unpaired) electrons. The number of anilines is 1. The fourth-order valence-corrected chi connectivity index (χ4v) is 4.36. The second-order valence-electron chi connectivity index (χ2n) is 8.60. The lowest BCUT2D eigenvalue weighted by atomic mass is 10.0. The highest BCUT2D eigenvalue weighted by Crippen LogP contribution is 2.33. The molecule has 2 aromatic rings. The Balaban J connectivity index is 1.28. The molecule has 0 unspecified atom stereocenters. The van der Waals surface area contributed by atoms with E-state index in [1.54, 1.807) is 14.2 Å². The SMILES string of the molecule is COc1ccc(OCCCN(C(=O)C2CC2)C2CCN(c3ccc(OC)cc3)CC2)cc1. The van der Waals surface area contributed by atoms with Crippen LogP contribution >= 0.6 is 0 Å². The van der Waals surface area contributed by atoms with E-state index >= 15 is 0 Å². The van der Waals surface area contributed by atoms with Crippen LogP contribution < -0.4 is 19.1 Å². The van der Waals surface area contributed by atoms with Crippen LogP contribution in [0.3, 0.4) is 0 Å². The van der Waals surface area contributed by atoms with E-state index in [4.69, 9.17) is 14.2 Å². The number of carbonyl (C=O) groups is 1. The van der Waals surface area contributed by atoms with Crippen molar-refractivity contribution in [1.82, 2.24) is 4.90 Å². The molecule has 6 heteroatoms. The van der Waals surface area contributed by atoms with E-state index in [1.807, 2.05) is 36.4 Å². The number of piperidine rings is 1. The molecule has 0 bridgehead atoms. The molecule has 0 spiro atoms. The van der Waals surface area contributed by atoms with Gasteiger partial charge in [-0.05, 0) is 80.6 Å². The topological polar surface area (TPSA) is 51.2 Å². The number of methoxy groups -OCH3 is 2. The number of hydrogen-bond acceptors (Lipinski definition) is 5. The first-order valence-corrected chi connectivity index (χ1v) is 11.6. The molecule has 1 heterocycles. The molecule has 0 aromatic heterocycles. The number of carbonyl (C=O) groups excluding carboxylic acids is 1. The van der Waals surface area contributed by atoms with Gasteiger partial charge in [-0.15, -0.1) is 0 Å². The van der Waals surface area contributed by atoms with Crippen molar-refractivity contribution in [3.8, 4) is 17.2 Å². The van der Waals surface area contributed by atoms with Crippen LogP contribution in [0.15, 0.2) is 48.5 Å². The summed E-state index contributed by atoms with van der Waals surface area (Å²) in [7, 11) is 3.34. The summed E-state index contributed by atoms with van der Waals surface area (Å²) < 4.78 is 16.3. The van der Waals surface area contributed by atoms with Crippen LogP contribution in [0, 0.1) is 5.92 Å². The maximum absolute atomic E-state index is 13.0. The Labute approximate surface area is 191 Å². The predicted molar refractivity (Wildman–Crippen MR) is 126 cm³/mol. The third kappa shape index (κ3) is 5.67. The van der Waals surface area contributed by atoms with Crippen molar-refractivity contribution in [1.29, 1.82) is 0 Å². The first-order chi connectivity index (χ1) is 15.7. The summed E-state index contributed by atoms with van der Waals surface area (Å²) in [5.74, 6) is 3.12. The largest absolute Gasteiger partial charge is 0.497 e. The van der Waals surface area contributed by atoms with Gasteiger partial charge in [-0.25, -0.2) is 0 Å². The molecule has 2 fully saturated rings. The van der Waals surface area contributed by atoms with Gasteiger partial charge in [0.2, 0.25) is 5.91 Å². The third-order valence-electron chi connectivity index (χ3n) is 6.42. The minimum absolute atomic E-state index is 0.247. The molecule has 2 aromatic carbocycles. The van der Waals surface area contributed by atoms with Crippen LogP contribution in [0.25, 0.3) is 0 Å². The first kappa shape index (κ1) is 22.3. The van der Waals surface area contributed by atoms with E-state index in [9.17, 15) is 4.79 Å². The van der Waals surface area contributed by atoms with Gasteiger partial charge in [0.05, 0.1) is 20.8 Å². The predicted octanol–water partition coefficient (Wildman–Crippen LogP) is 4.38. The molecule has 6 nitrogen and oxygen atoms in total. The Morgan fingerprint density at radius 3 is 2.00 bits per heavy atom. The van der Waals surface area contributed by atoms with Crippen LogP contribution in [0.2, 0.25) is 0 Å². The lowest BCUT2D eigenvalue weighted by molar-refractivity contribution is -0.135. The van der Waals surface area contributed by atoms with Gasteiger partial charge in [0.15, 0.2) is 0 Å². The van der Waals surface area contributed by atoms with Crippen molar-refractivity contribution in [3.63, 3.8) is 0 Å². The average Bonchev–Trinajstić information content (AvgIpc) is 3.70. The number of nitrogens with zero attached hydrogens (tertiary/aromatic N) is 2. The summed E-state index contributed by atoms with van der Waals surface area (Å²) in [5, 5.41) is 0. The fraction of sp³-hybridized carbons (Fsp3) is 0.500. The van der Waals surface area contributed by atoms with Gasteiger partial charge in [-0.3, -0.25) is 4.79 Å². The van der Waals surface area contributed by atoms with Gasteiger partial charge in [-0.2, -0.15) is 0 Å². The zero-order valence-corrected chi connectivity index (χ0v) is 19.2. The summed E-state index contributed by atoms with van der Waals surface area (Å²) in [5.41, 5.74) is 1.22. The van der Waals surface area contributed by atoms with Crippen LogP contribution in [0.4, 0.5) is 5.69 Å². The Morgan fingerprint density at radius 1 is 0.875 bits per heavy atom. The van der Waals surface area contributed by atoms with E-state index in [0.29, 0.717) is 18.6 Å². The van der Waals surface area contributed by atoms with E-state index in [-0.39, 0.29) is 5.92 Å². The van der Waals surface area contributed by atoms with Crippen LogP contribution in [0.1, 0.15) is 32.1 Å². The van der Waals surface area contributed by atoms with Gasteiger partial charge in [0.25, 0.3) is 0 Å². The Bertz CT molecular complexity index is 856. The number of amides is 1. The van der Waals surface area contributed by atoms with E-state index in [0.717, 1.165) is 69.0 Å². The van der Waals surface area contributed by atoms with Crippen LogP contribution in [-0.2, 0) is 4.79 Å². The summed E-state index contributed by atoms with van der Waals surface area (Å²) in [4.78, 5) is 17.6. The fourth-order valence-electron chi connectivity index (χ4n) is 4.36. The second kappa shape index (κ2) is 10.6. The molecular formula is C26H34N2O4. The summed E-state index contributed by atoms with van der Waals surface area (Å²) in [6.45, 7) is 3.30. The standard InChI is InChI=1S/C26H34N2O4/c1-30-23-8-6-21(7-9-23)27-17-14-22(15-18-27)28(26(29)20-4-5-20)16-3-19-32-25-12-10-24(31-2)11-13-25/h6-13,20,22H,3-5,14-19H2,1-2H3. The first-order valence-electron chi connectivity index (χ1n) is 11.6. The molecular weight excluding hydrogens is 404 g/mol. The minimum Gasteiger partial charge on any atom is -0.497 e. The summed E-state index contributed by atoms with van der Waals surface area (Å²) in [6, 6.07) is 16.2. The molecule has 1 saturated carbocycles. The zero-order valence-electron chi connectivity index (χ0n) is 19.2. The minimum atomic E-state index is 0.247. The summed E-state index contributed by atoms with van der Waals surface area (Å²) >= 11 is 0. The maximum Gasteiger partial charge on any atom is 0.225 e. The molecule has 4 rings (SSSR count). The quantitative estimate of drug-likeness (QED) is 0.515. The van der Waals surface area contributed by atoms with Crippen molar-refractivity contribution >= 4 is 11.6 Å². The number of ether oxygens (including phenoxy) is 3. The van der Waals surface area contributed by atoms with Gasteiger partial charge < -0.3 is 24.0 Å². The van der Waals surface area contributed by atoms with Crippen molar-refractivity contribution < 1.29 is 19.0 Å². The molecule has 32 heavy (non-hydrogen) atoms. The van der Waals surface area contributed by atoms with E-state index in [2.05, 4.69) is 21.9 Å². The molecule has 0 N–H and O–H groups in total. The Kier molecular flexibility index (Phi) is 7.40. The molecule has 2 aliphatic rings. The average molecular weight is 439 g/mol. The van der Waals surface area contributed by atoms with Gasteiger partial charge >= 0.3 is 0 Å². The number of benzene rings is 2. The third-order valence-corrected chi connectivity index (χ3v) is 6.42. The van der Waals surface area contributed by atoms with Crippen molar-refractivity contribution in [3.05, 3.63) is 48.5 Å². The van der Waals surface area contributed by atoms with Crippen molar-refractivity contribution in [2.45, 2.75) is 38.1 Å². The second-order valence-corrected chi connectivity index (χ2v) is 8.60.